The van der Waals surface area contributed by atoms with Gasteiger partial charge in [0.2, 0.25) is 0 Å². The molecule has 2 N–H and O–H groups in total. The fraction of sp³-hybridized carbons (Fsp3) is 0.174. The van der Waals surface area contributed by atoms with Gasteiger partial charge in [-0.05, 0) is 55.2 Å². The molecule has 7 nitrogen and oxygen atoms in total. The van der Waals surface area contributed by atoms with Crippen molar-refractivity contribution in [2.24, 2.45) is 5.16 Å². The summed E-state index contributed by atoms with van der Waals surface area (Å²) >= 11 is 0. The summed E-state index contributed by atoms with van der Waals surface area (Å²) in [5.41, 5.74) is 7.56. The van der Waals surface area contributed by atoms with Crippen molar-refractivity contribution >= 4 is 22.9 Å². The lowest BCUT2D eigenvalue weighted by molar-refractivity contribution is 0.318. The SMILES string of the molecule is COc1ccc(C)c(-c2nc3cnccn3c2Nc2ccc3c(c2)CC/C3=N\O)c1. The molecule has 2 aromatic heterocycles. The number of methoxy groups -OCH3 is 1. The molecule has 0 radical (unpaired) electrons. The molecule has 0 amide bonds. The predicted octanol–water partition coefficient (Wildman–Crippen LogP) is 4.58. The number of fused-ring (bicyclic) bond motifs is 2. The Labute approximate surface area is 173 Å². The molecule has 0 saturated heterocycles. The number of hydrogen-bond donors (Lipinski definition) is 2. The van der Waals surface area contributed by atoms with E-state index in [1.165, 1.54) is 5.56 Å². The van der Waals surface area contributed by atoms with Crippen molar-refractivity contribution in [1.82, 2.24) is 14.4 Å². The summed E-state index contributed by atoms with van der Waals surface area (Å²) in [5, 5.41) is 16.2. The van der Waals surface area contributed by atoms with Gasteiger partial charge >= 0.3 is 0 Å². The molecular formula is C23H21N5O2. The van der Waals surface area contributed by atoms with Crippen molar-refractivity contribution in [3.8, 4) is 17.0 Å². The molecule has 4 aromatic rings. The number of nitrogens with one attached hydrogen (secondary N) is 1. The van der Waals surface area contributed by atoms with E-state index in [0.717, 1.165) is 63.8 Å². The molecule has 0 unspecified atom stereocenters. The minimum Gasteiger partial charge on any atom is -0.497 e. The van der Waals surface area contributed by atoms with Crippen LogP contribution in [0.4, 0.5) is 11.5 Å². The van der Waals surface area contributed by atoms with Crippen molar-refractivity contribution in [3.05, 3.63) is 71.7 Å². The molecule has 2 aromatic carbocycles. The zero-order valence-electron chi connectivity index (χ0n) is 16.8. The Kier molecular flexibility index (Phi) is 4.35. The van der Waals surface area contributed by atoms with E-state index in [2.05, 4.69) is 28.4 Å². The molecule has 0 aliphatic heterocycles. The zero-order chi connectivity index (χ0) is 20.7. The van der Waals surface area contributed by atoms with E-state index >= 15 is 0 Å². The van der Waals surface area contributed by atoms with Crippen molar-refractivity contribution < 1.29 is 9.94 Å². The number of anilines is 2. The lowest BCUT2D eigenvalue weighted by atomic mass is 10.0. The molecule has 0 bridgehead atoms. The van der Waals surface area contributed by atoms with Crippen molar-refractivity contribution in [1.29, 1.82) is 0 Å². The highest BCUT2D eigenvalue weighted by Gasteiger charge is 2.20. The van der Waals surface area contributed by atoms with Gasteiger partial charge < -0.3 is 15.3 Å². The molecular weight excluding hydrogens is 378 g/mol. The van der Waals surface area contributed by atoms with Crippen molar-refractivity contribution in [2.45, 2.75) is 19.8 Å². The highest BCUT2D eigenvalue weighted by Crippen LogP contribution is 2.35. The minimum absolute atomic E-state index is 0.741. The predicted molar refractivity (Wildman–Crippen MR) is 116 cm³/mol. The molecule has 1 aliphatic carbocycles. The first kappa shape index (κ1) is 18.2. The van der Waals surface area contributed by atoms with Gasteiger partial charge in [0.05, 0.1) is 19.0 Å². The first-order chi connectivity index (χ1) is 14.7. The first-order valence-electron chi connectivity index (χ1n) is 9.76. The Hall–Kier alpha value is -3.87. The molecule has 0 fully saturated rings. The third-order valence-corrected chi connectivity index (χ3v) is 5.56. The molecule has 0 spiro atoms. The van der Waals surface area contributed by atoms with E-state index in [0.29, 0.717) is 0 Å². The fourth-order valence-electron chi connectivity index (χ4n) is 3.99. The summed E-state index contributed by atoms with van der Waals surface area (Å²) in [6.07, 6.45) is 7.01. The summed E-state index contributed by atoms with van der Waals surface area (Å²) in [6.45, 7) is 2.06. The number of hydrogen-bond acceptors (Lipinski definition) is 6. The average molecular weight is 399 g/mol. The van der Waals surface area contributed by atoms with E-state index in [9.17, 15) is 5.21 Å². The second-order valence-corrected chi connectivity index (χ2v) is 7.34. The van der Waals surface area contributed by atoms with Gasteiger partial charge in [0.1, 0.15) is 17.3 Å². The summed E-state index contributed by atoms with van der Waals surface area (Å²) in [6, 6.07) is 12.1. The van der Waals surface area contributed by atoms with E-state index in [4.69, 9.17) is 9.72 Å². The van der Waals surface area contributed by atoms with Gasteiger partial charge in [-0.3, -0.25) is 9.38 Å². The molecule has 30 heavy (non-hydrogen) atoms. The Morgan fingerprint density at radius 3 is 2.87 bits per heavy atom. The van der Waals surface area contributed by atoms with Gasteiger partial charge in [-0.15, -0.1) is 0 Å². The number of nitrogens with zero attached hydrogens (tertiary/aromatic N) is 4. The van der Waals surface area contributed by atoms with Gasteiger partial charge in [0.15, 0.2) is 5.65 Å². The maximum Gasteiger partial charge on any atom is 0.157 e. The molecule has 2 heterocycles. The number of imidazole rings is 1. The van der Waals surface area contributed by atoms with Crippen LogP contribution in [-0.2, 0) is 6.42 Å². The summed E-state index contributed by atoms with van der Waals surface area (Å²) in [4.78, 5) is 9.06. The lowest BCUT2D eigenvalue weighted by Crippen LogP contribution is -1.99. The fourth-order valence-corrected chi connectivity index (χ4v) is 3.99. The smallest absolute Gasteiger partial charge is 0.157 e. The van der Waals surface area contributed by atoms with E-state index in [-0.39, 0.29) is 0 Å². The van der Waals surface area contributed by atoms with Crippen LogP contribution in [0, 0.1) is 6.92 Å². The third kappa shape index (κ3) is 2.95. The highest BCUT2D eigenvalue weighted by molar-refractivity contribution is 6.04. The minimum atomic E-state index is 0.741. The Morgan fingerprint density at radius 1 is 1.13 bits per heavy atom. The molecule has 0 saturated carbocycles. The summed E-state index contributed by atoms with van der Waals surface area (Å²) in [7, 11) is 1.66. The van der Waals surface area contributed by atoms with Crippen LogP contribution >= 0.6 is 0 Å². The van der Waals surface area contributed by atoms with E-state index in [1.54, 1.807) is 19.5 Å². The Morgan fingerprint density at radius 2 is 2.03 bits per heavy atom. The standard InChI is InChI=1S/C23H21N5O2/c1-14-3-6-17(30-2)12-19(14)22-23(28-10-9-24-13-21(28)26-22)25-16-5-7-18-15(11-16)4-8-20(18)27-29/h3,5-7,9-13,25,29H,4,8H2,1-2H3/b27-20+. The topological polar surface area (TPSA) is 84.0 Å². The molecule has 5 rings (SSSR count). The molecule has 1 aliphatic rings. The van der Waals surface area contributed by atoms with Gasteiger partial charge in [0.25, 0.3) is 0 Å². The number of oxime groups is 1. The highest BCUT2D eigenvalue weighted by atomic mass is 16.5. The average Bonchev–Trinajstić information content (AvgIpc) is 3.35. The normalized spacial score (nSPS) is 14.3. The zero-order valence-corrected chi connectivity index (χ0v) is 16.8. The van der Waals surface area contributed by atoms with Gasteiger partial charge in [-0.1, -0.05) is 17.3 Å². The lowest BCUT2D eigenvalue weighted by Gasteiger charge is -2.12. The quantitative estimate of drug-likeness (QED) is 0.388. The van der Waals surface area contributed by atoms with E-state index < -0.39 is 0 Å². The molecule has 150 valence electrons. The maximum absolute atomic E-state index is 9.18. The Balaban J connectivity index is 1.64. The second kappa shape index (κ2) is 7.18. The van der Waals surface area contributed by atoms with Crippen LogP contribution in [0.2, 0.25) is 0 Å². The van der Waals surface area contributed by atoms with Crippen LogP contribution in [0.1, 0.15) is 23.1 Å². The van der Waals surface area contributed by atoms with Crippen LogP contribution in [0.15, 0.2) is 60.1 Å². The number of rotatable bonds is 4. The van der Waals surface area contributed by atoms with Crippen molar-refractivity contribution in [2.75, 3.05) is 12.4 Å². The largest absolute Gasteiger partial charge is 0.497 e. The third-order valence-electron chi connectivity index (χ3n) is 5.56. The second-order valence-electron chi connectivity index (χ2n) is 7.34. The van der Waals surface area contributed by atoms with Gasteiger partial charge in [-0.25, -0.2) is 4.98 Å². The van der Waals surface area contributed by atoms with Crippen LogP contribution in [-0.4, -0.2) is 32.4 Å². The van der Waals surface area contributed by atoms with Gasteiger partial charge in [-0.2, -0.15) is 0 Å². The number of aryl methyl sites for hydroxylation is 2. The summed E-state index contributed by atoms with van der Waals surface area (Å²) in [5.74, 6) is 1.64. The number of ether oxygens (including phenoxy) is 1. The number of aromatic nitrogens is 3. The maximum atomic E-state index is 9.18. The van der Waals surface area contributed by atoms with Crippen LogP contribution in [0.25, 0.3) is 16.9 Å². The van der Waals surface area contributed by atoms with Crippen molar-refractivity contribution in [3.63, 3.8) is 0 Å². The molecule has 7 heteroatoms. The monoisotopic (exact) mass is 399 g/mol. The van der Waals surface area contributed by atoms with E-state index in [1.807, 2.05) is 40.9 Å². The van der Waals surface area contributed by atoms with Gasteiger partial charge in [0, 0.05) is 29.2 Å². The van der Waals surface area contributed by atoms with Crippen LogP contribution in [0.5, 0.6) is 5.75 Å². The van der Waals surface area contributed by atoms with Crippen LogP contribution < -0.4 is 10.1 Å². The summed E-state index contributed by atoms with van der Waals surface area (Å²) < 4.78 is 7.43. The number of benzene rings is 2. The molecule has 0 atom stereocenters. The van der Waals surface area contributed by atoms with Crippen LogP contribution in [0.3, 0.4) is 0 Å². The Bertz CT molecular complexity index is 1290. The first-order valence-corrected chi connectivity index (χ1v) is 9.76.